The molecular weight excluding hydrogens is 184 g/mol. The van der Waals surface area contributed by atoms with E-state index in [0.717, 1.165) is 0 Å². The first kappa shape index (κ1) is 9.99. The molecular formula is C10H12O2S. The van der Waals surface area contributed by atoms with Gasteiger partial charge in [-0.05, 0) is 19.1 Å². The van der Waals surface area contributed by atoms with Crippen LogP contribution >= 0.6 is 12.6 Å². The van der Waals surface area contributed by atoms with Crippen LogP contribution in [0.3, 0.4) is 0 Å². The summed E-state index contributed by atoms with van der Waals surface area (Å²) in [4.78, 5) is 0. The van der Waals surface area contributed by atoms with E-state index in [9.17, 15) is 10.2 Å². The zero-order valence-electron chi connectivity index (χ0n) is 7.36. The average Bonchev–Trinajstić information content (AvgIpc) is 2.13. The Morgan fingerprint density at radius 1 is 1.38 bits per heavy atom. The lowest BCUT2D eigenvalue weighted by Crippen LogP contribution is -1.81. The van der Waals surface area contributed by atoms with Gasteiger partial charge in [-0.15, -0.1) is 0 Å². The Bertz CT molecular complexity index is 332. The monoisotopic (exact) mass is 196 g/mol. The molecule has 0 bridgehead atoms. The van der Waals surface area contributed by atoms with E-state index >= 15 is 0 Å². The van der Waals surface area contributed by atoms with Crippen molar-refractivity contribution >= 4 is 18.7 Å². The summed E-state index contributed by atoms with van der Waals surface area (Å²) < 4.78 is 0. The number of aromatic hydroxyl groups is 2. The Morgan fingerprint density at radius 2 is 2.08 bits per heavy atom. The van der Waals surface area contributed by atoms with E-state index in [0.29, 0.717) is 16.9 Å². The third-order valence-electron chi connectivity index (χ3n) is 1.84. The number of hydrogen-bond donors (Lipinski definition) is 3. The maximum atomic E-state index is 9.57. The highest BCUT2D eigenvalue weighted by Gasteiger charge is 2.04. The molecule has 0 aliphatic rings. The van der Waals surface area contributed by atoms with Crippen molar-refractivity contribution in [3.05, 3.63) is 29.3 Å². The predicted molar refractivity (Wildman–Crippen MR) is 57.4 cm³/mol. The van der Waals surface area contributed by atoms with Gasteiger partial charge in [0.15, 0.2) is 0 Å². The molecule has 0 aliphatic carbocycles. The Labute approximate surface area is 82.9 Å². The lowest BCUT2D eigenvalue weighted by Gasteiger charge is -2.04. The zero-order valence-corrected chi connectivity index (χ0v) is 8.25. The topological polar surface area (TPSA) is 40.5 Å². The summed E-state index contributed by atoms with van der Waals surface area (Å²) in [6.07, 6.45) is 3.60. The quantitative estimate of drug-likeness (QED) is 0.635. The van der Waals surface area contributed by atoms with Gasteiger partial charge in [0.2, 0.25) is 0 Å². The molecule has 2 N–H and O–H groups in total. The van der Waals surface area contributed by atoms with Crippen LogP contribution in [0.25, 0.3) is 6.08 Å². The Kier molecular flexibility index (Phi) is 3.25. The molecule has 0 atom stereocenters. The lowest BCUT2D eigenvalue weighted by atomic mass is 10.1. The minimum atomic E-state index is 0.112. The molecule has 0 heterocycles. The lowest BCUT2D eigenvalue weighted by molar-refractivity contribution is 0.442. The van der Waals surface area contributed by atoms with E-state index in [1.54, 1.807) is 25.1 Å². The fourth-order valence-electron chi connectivity index (χ4n) is 1.02. The molecule has 0 saturated carbocycles. The van der Waals surface area contributed by atoms with Gasteiger partial charge in [-0.2, -0.15) is 12.6 Å². The number of rotatable bonds is 2. The van der Waals surface area contributed by atoms with E-state index in [1.165, 1.54) is 0 Å². The summed E-state index contributed by atoms with van der Waals surface area (Å²) >= 11 is 4.01. The van der Waals surface area contributed by atoms with Crippen LogP contribution in [0.2, 0.25) is 0 Å². The number of benzene rings is 1. The van der Waals surface area contributed by atoms with Gasteiger partial charge >= 0.3 is 0 Å². The number of phenols is 2. The molecule has 0 spiro atoms. The first-order valence-electron chi connectivity index (χ1n) is 3.95. The Hall–Kier alpha value is -1.09. The van der Waals surface area contributed by atoms with E-state index in [1.807, 2.05) is 6.08 Å². The zero-order chi connectivity index (χ0) is 9.84. The summed E-state index contributed by atoms with van der Waals surface area (Å²) in [7, 11) is 0. The largest absolute Gasteiger partial charge is 0.508 e. The minimum absolute atomic E-state index is 0.112. The standard InChI is InChI=1S/C10H12O2S/c1-7-9(11)5-4-8(10(7)12)3-2-6-13/h2-5,11-13H,6H2,1H3. The molecule has 2 nitrogen and oxygen atoms in total. The summed E-state index contributed by atoms with van der Waals surface area (Å²) in [5.41, 5.74) is 1.20. The summed E-state index contributed by atoms with van der Waals surface area (Å²) in [5.74, 6) is 0.859. The maximum Gasteiger partial charge on any atom is 0.129 e. The van der Waals surface area contributed by atoms with Crippen LogP contribution in [0, 0.1) is 6.92 Å². The summed E-state index contributed by atoms with van der Waals surface area (Å²) in [5, 5.41) is 18.8. The molecule has 0 aliphatic heterocycles. The Balaban J connectivity index is 3.11. The highest BCUT2D eigenvalue weighted by Crippen LogP contribution is 2.29. The average molecular weight is 196 g/mol. The van der Waals surface area contributed by atoms with Crippen LogP contribution in [-0.2, 0) is 0 Å². The number of thiol groups is 1. The van der Waals surface area contributed by atoms with Crippen LogP contribution in [0.5, 0.6) is 11.5 Å². The van der Waals surface area contributed by atoms with Crippen LogP contribution < -0.4 is 0 Å². The molecule has 0 fully saturated rings. The molecule has 1 aromatic rings. The molecule has 0 radical (unpaired) electrons. The van der Waals surface area contributed by atoms with E-state index < -0.39 is 0 Å². The first-order chi connectivity index (χ1) is 6.16. The second-order valence-electron chi connectivity index (χ2n) is 2.73. The minimum Gasteiger partial charge on any atom is -0.508 e. The van der Waals surface area contributed by atoms with Gasteiger partial charge in [-0.25, -0.2) is 0 Å². The predicted octanol–water partition coefficient (Wildman–Crippen LogP) is 2.35. The molecule has 70 valence electrons. The van der Waals surface area contributed by atoms with Crippen molar-refractivity contribution in [2.24, 2.45) is 0 Å². The van der Waals surface area contributed by atoms with Crippen molar-refractivity contribution in [3.8, 4) is 11.5 Å². The van der Waals surface area contributed by atoms with Crippen LogP contribution in [-0.4, -0.2) is 16.0 Å². The Morgan fingerprint density at radius 3 is 2.69 bits per heavy atom. The van der Waals surface area contributed by atoms with Crippen LogP contribution in [0.4, 0.5) is 0 Å². The summed E-state index contributed by atoms with van der Waals surface area (Å²) in [6.45, 7) is 1.67. The van der Waals surface area contributed by atoms with Crippen molar-refractivity contribution in [1.82, 2.24) is 0 Å². The third kappa shape index (κ3) is 2.18. The molecule has 13 heavy (non-hydrogen) atoms. The van der Waals surface area contributed by atoms with Gasteiger partial charge in [0, 0.05) is 16.9 Å². The van der Waals surface area contributed by atoms with Crippen molar-refractivity contribution in [1.29, 1.82) is 0 Å². The smallest absolute Gasteiger partial charge is 0.129 e. The van der Waals surface area contributed by atoms with Crippen molar-refractivity contribution in [2.45, 2.75) is 6.92 Å². The van der Waals surface area contributed by atoms with Gasteiger partial charge in [-0.1, -0.05) is 12.2 Å². The van der Waals surface area contributed by atoms with Crippen LogP contribution in [0.1, 0.15) is 11.1 Å². The highest BCUT2D eigenvalue weighted by molar-refractivity contribution is 7.80. The molecule has 0 amide bonds. The molecule has 1 aromatic carbocycles. The number of phenolic OH excluding ortho intramolecular Hbond substituents is 2. The normalized spacial score (nSPS) is 10.9. The number of hydrogen-bond acceptors (Lipinski definition) is 3. The van der Waals surface area contributed by atoms with E-state index in [4.69, 9.17) is 0 Å². The molecule has 1 rings (SSSR count). The van der Waals surface area contributed by atoms with Gasteiger partial charge in [-0.3, -0.25) is 0 Å². The maximum absolute atomic E-state index is 9.57. The van der Waals surface area contributed by atoms with Gasteiger partial charge in [0.25, 0.3) is 0 Å². The third-order valence-corrected chi connectivity index (χ3v) is 2.05. The fourth-order valence-corrected chi connectivity index (χ4v) is 1.13. The second-order valence-corrected chi connectivity index (χ2v) is 3.10. The van der Waals surface area contributed by atoms with Crippen molar-refractivity contribution in [3.63, 3.8) is 0 Å². The first-order valence-corrected chi connectivity index (χ1v) is 4.59. The second kappa shape index (κ2) is 4.23. The molecule has 0 unspecified atom stereocenters. The van der Waals surface area contributed by atoms with Crippen molar-refractivity contribution in [2.75, 3.05) is 5.75 Å². The van der Waals surface area contributed by atoms with E-state index in [2.05, 4.69) is 12.6 Å². The van der Waals surface area contributed by atoms with Gasteiger partial charge in [0.05, 0.1) is 0 Å². The SMILES string of the molecule is Cc1c(O)ccc(C=CCS)c1O. The van der Waals surface area contributed by atoms with Crippen LogP contribution in [0.15, 0.2) is 18.2 Å². The van der Waals surface area contributed by atoms with E-state index in [-0.39, 0.29) is 11.5 Å². The fraction of sp³-hybridized carbons (Fsp3) is 0.200. The molecule has 0 saturated heterocycles. The highest BCUT2D eigenvalue weighted by atomic mass is 32.1. The molecule has 3 heteroatoms. The summed E-state index contributed by atoms with van der Waals surface area (Å²) in [6, 6.07) is 3.23. The van der Waals surface area contributed by atoms with Gasteiger partial charge in [0.1, 0.15) is 11.5 Å². The molecule has 0 aromatic heterocycles. The van der Waals surface area contributed by atoms with Gasteiger partial charge < -0.3 is 10.2 Å². The van der Waals surface area contributed by atoms with Crippen molar-refractivity contribution < 1.29 is 10.2 Å².